The highest BCUT2D eigenvalue weighted by molar-refractivity contribution is 4.77. The van der Waals surface area contributed by atoms with Gasteiger partial charge in [-0.15, -0.1) is 0 Å². The summed E-state index contributed by atoms with van der Waals surface area (Å²) in [5.41, 5.74) is 0. The molecule has 0 radical (unpaired) electrons. The van der Waals surface area contributed by atoms with Gasteiger partial charge in [-0.3, -0.25) is 4.90 Å². The van der Waals surface area contributed by atoms with Crippen LogP contribution in [0, 0.1) is 0 Å². The minimum absolute atomic E-state index is 0.666. The number of rotatable bonds is 7. The second kappa shape index (κ2) is 8.06. The number of likely N-dealkylation sites (N-methyl/N-ethyl adjacent to an activating group) is 1. The minimum atomic E-state index is 0.666. The van der Waals surface area contributed by atoms with E-state index < -0.39 is 0 Å². The Bertz CT molecular complexity index is 188. The van der Waals surface area contributed by atoms with Crippen LogP contribution in [-0.2, 0) is 0 Å². The molecule has 1 saturated heterocycles. The summed E-state index contributed by atoms with van der Waals surface area (Å²) in [5.74, 6) is 0. The largest absolute Gasteiger partial charge is 0.313 e. The van der Waals surface area contributed by atoms with Crippen LogP contribution < -0.4 is 5.32 Å². The first kappa shape index (κ1) is 14.9. The molecule has 1 fully saturated rings. The van der Waals surface area contributed by atoms with Crippen molar-refractivity contribution in [2.45, 2.75) is 52.6 Å². The molecule has 3 nitrogen and oxygen atoms in total. The van der Waals surface area contributed by atoms with Crippen LogP contribution in [0.2, 0.25) is 0 Å². The van der Waals surface area contributed by atoms with Crippen LogP contribution in [0.5, 0.6) is 0 Å². The average molecular weight is 241 g/mol. The highest BCUT2D eigenvalue weighted by Gasteiger charge is 2.19. The molecule has 3 heteroatoms. The van der Waals surface area contributed by atoms with E-state index >= 15 is 0 Å². The molecule has 17 heavy (non-hydrogen) atoms. The van der Waals surface area contributed by atoms with Crippen LogP contribution in [0.1, 0.15) is 40.5 Å². The first-order chi connectivity index (χ1) is 8.17. The standard InChI is InChI=1S/C14H31N3/c1-5-7-13(3)15-12-14(4)17-10-8-16(6-2)9-11-17/h13-15H,5-12H2,1-4H3. The second-order valence-corrected chi connectivity index (χ2v) is 5.42. The van der Waals surface area contributed by atoms with Crippen LogP contribution in [-0.4, -0.2) is 61.2 Å². The van der Waals surface area contributed by atoms with Gasteiger partial charge in [0, 0.05) is 44.8 Å². The van der Waals surface area contributed by atoms with Crippen LogP contribution in [0.3, 0.4) is 0 Å². The molecule has 0 saturated carbocycles. The lowest BCUT2D eigenvalue weighted by Crippen LogP contribution is -2.52. The van der Waals surface area contributed by atoms with E-state index in [-0.39, 0.29) is 0 Å². The summed E-state index contributed by atoms with van der Waals surface area (Å²) in [6.45, 7) is 16.5. The van der Waals surface area contributed by atoms with Gasteiger partial charge in [-0.05, 0) is 26.8 Å². The molecule has 2 atom stereocenters. The van der Waals surface area contributed by atoms with Gasteiger partial charge in [-0.2, -0.15) is 0 Å². The fourth-order valence-corrected chi connectivity index (χ4v) is 2.56. The molecule has 0 spiro atoms. The Morgan fingerprint density at radius 3 is 2.24 bits per heavy atom. The third-order valence-electron chi connectivity index (χ3n) is 3.96. The van der Waals surface area contributed by atoms with Gasteiger partial charge in [0.05, 0.1) is 0 Å². The molecule has 0 aromatic rings. The third-order valence-corrected chi connectivity index (χ3v) is 3.96. The Balaban J connectivity index is 2.17. The van der Waals surface area contributed by atoms with Gasteiger partial charge in [-0.25, -0.2) is 0 Å². The van der Waals surface area contributed by atoms with Crippen molar-refractivity contribution in [3.8, 4) is 0 Å². The Labute approximate surface area is 108 Å². The SMILES string of the molecule is CCCC(C)NCC(C)N1CCN(CC)CC1. The molecule has 0 aliphatic carbocycles. The topological polar surface area (TPSA) is 18.5 Å². The molecule has 0 amide bonds. The lowest BCUT2D eigenvalue weighted by molar-refractivity contribution is 0.104. The summed E-state index contributed by atoms with van der Waals surface area (Å²) in [4.78, 5) is 5.16. The van der Waals surface area contributed by atoms with Gasteiger partial charge in [0.25, 0.3) is 0 Å². The maximum absolute atomic E-state index is 3.65. The lowest BCUT2D eigenvalue weighted by Gasteiger charge is -2.38. The van der Waals surface area contributed by atoms with Crippen molar-refractivity contribution in [3.05, 3.63) is 0 Å². The van der Waals surface area contributed by atoms with Crippen LogP contribution in [0.4, 0.5) is 0 Å². The average Bonchev–Trinajstić information content (AvgIpc) is 2.36. The van der Waals surface area contributed by atoms with Gasteiger partial charge in [-0.1, -0.05) is 20.3 Å². The van der Waals surface area contributed by atoms with Crippen molar-refractivity contribution >= 4 is 0 Å². The van der Waals surface area contributed by atoms with E-state index in [1.165, 1.54) is 45.6 Å². The molecular weight excluding hydrogens is 210 g/mol. The van der Waals surface area contributed by atoms with Gasteiger partial charge in [0.1, 0.15) is 0 Å². The summed E-state index contributed by atoms with van der Waals surface area (Å²) < 4.78 is 0. The number of piperazine rings is 1. The van der Waals surface area contributed by atoms with E-state index in [0.717, 1.165) is 6.54 Å². The Kier molecular flexibility index (Phi) is 7.09. The van der Waals surface area contributed by atoms with Gasteiger partial charge in [0.15, 0.2) is 0 Å². The predicted molar refractivity (Wildman–Crippen MR) is 75.5 cm³/mol. The van der Waals surface area contributed by atoms with Crippen molar-refractivity contribution in [2.75, 3.05) is 39.3 Å². The first-order valence-corrected chi connectivity index (χ1v) is 7.37. The van der Waals surface area contributed by atoms with Crippen molar-refractivity contribution in [2.24, 2.45) is 0 Å². The van der Waals surface area contributed by atoms with Gasteiger partial charge >= 0.3 is 0 Å². The molecule has 1 aliphatic heterocycles. The molecule has 2 unspecified atom stereocenters. The van der Waals surface area contributed by atoms with E-state index in [1.54, 1.807) is 0 Å². The summed E-state index contributed by atoms with van der Waals surface area (Å²) in [6.07, 6.45) is 2.56. The number of nitrogens with one attached hydrogen (secondary N) is 1. The molecule has 102 valence electrons. The smallest absolute Gasteiger partial charge is 0.0193 e. The van der Waals surface area contributed by atoms with E-state index in [4.69, 9.17) is 0 Å². The maximum atomic E-state index is 3.65. The zero-order chi connectivity index (χ0) is 12.7. The Morgan fingerprint density at radius 2 is 1.71 bits per heavy atom. The first-order valence-electron chi connectivity index (χ1n) is 7.37. The van der Waals surface area contributed by atoms with Crippen molar-refractivity contribution in [1.29, 1.82) is 0 Å². The Morgan fingerprint density at radius 1 is 1.06 bits per heavy atom. The second-order valence-electron chi connectivity index (χ2n) is 5.42. The van der Waals surface area contributed by atoms with Gasteiger partial charge in [0.2, 0.25) is 0 Å². The number of hydrogen-bond acceptors (Lipinski definition) is 3. The lowest BCUT2D eigenvalue weighted by atomic mass is 10.1. The third kappa shape index (κ3) is 5.36. The number of nitrogens with zero attached hydrogens (tertiary/aromatic N) is 2. The quantitative estimate of drug-likeness (QED) is 0.733. The van der Waals surface area contributed by atoms with E-state index in [2.05, 4.69) is 42.8 Å². The van der Waals surface area contributed by atoms with Crippen molar-refractivity contribution < 1.29 is 0 Å². The van der Waals surface area contributed by atoms with Crippen molar-refractivity contribution in [3.63, 3.8) is 0 Å². The van der Waals surface area contributed by atoms with Crippen LogP contribution >= 0.6 is 0 Å². The van der Waals surface area contributed by atoms with E-state index in [9.17, 15) is 0 Å². The van der Waals surface area contributed by atoms with Crippen LogP contribution in [0.25, 0.3) is 0 Å². The summed E-state index contributed by atoms with van der Waals surface area (Å²) in [5, 5.41) is 3.65. The normalized spacial score (nSPS) is 22.6. The van der Waals surface area contributed by atoms with Crippen LogP contribution in [0.15, 0.2) is 0 Å². The Hall–Kier alpha value is -0.120. The highest BCUT2D eigenvalue weighted by atomic mass is 15.3. The highest BCUT2D eigenvalue weighted by Crippen LogP contribution is 2.06. The molecule has 0 bridgehead atoms. The molecule has 0 aromatic carbocycles. The summed E-state index contributed by atoms with van der Waals surface area (Å²) in [7, 11) is 0. The molecule has 1 rings (SSSR count). The minimum Gasteiger partial charge on any atom is -0.313 e. The van der Waals surface area contributed by atoms with E-state index in [0.29, 0.717) is 12.1 Å². The summed E-state index contributed by atoms with van der Waals surface area (Å²) in [6, 6.07) is 1.34. The fraction of sp³-hybridized carbons (Fsp3) is 1.00. The molecule has 1 N–H and O–H groups in total. The maximum Gasteiger partial charge on any atom is 0.0193 e. The molecule has 1 heterocycles. The summed E-state index contributed by atoms with van der Waals surface area (Å²) >= 11 is 0. The zero-order valence-electron chi connectivity index (χ0n) is 12.2. The molecule has 0 aromatic heterocycles. The van der Waals surface area contributed by atoms with Gasteiger partial charge < -0.3 is 10.2 Å². The molecule has 1 aliphatic rings. The molecular formula is C14H31N3. The monoisotopic (exact) mass is 241 g/mol. The fourth-order valence-electron chi connectivity index (χ4n) is 2.56. The predicted octanol–water partition coefficient (Wildman–Crippen LogP) is 1.79. The van der Waals surface area contributed by atoms with Crippen molar-refractivity contribution in [1.82, 2.24) is 15.1 Å². The number of hydrogen-bond donors (Lipinski definition) is 1. The van der Waals surface area contributed by atoms with E-state index in [1.807, 2.05) is 0 Å². The zero-order valence-corrected chi connectivity index (χ0v) is 12.2.